The highest BCUT2D eigenvalue weighted by Crippen LogP contribution is 2.12. The van der Waals surface area contributed by atoms with E-state index < -0.39 is 0 Å². The van der Waals surface area contributed by atoms with Crippen molar-refractivity contribution in [3.05, 3.63) is 36.0 Å². The van der Waals surface area contributed by atoms with E-state index in [4.69, 9.17) is 7.85 Å². The highest BCUT2D eigenvalue weighted by atomic mass is 14.6. The molecule has 0 fully saturated rings. The van der Waals surface area contributed by atoms with E-state index in [0.717, 1.165) is 22.8 Å². The molecule has 62 valence electrons. The maximum atomic E-state index is 5.65. The minimum atomic E-state index is 0.723. The molecule has 0 amide bonds. The molecule has 1 nitrogen and oxygen atoms in total. The molecule has 0 bridgehead atoms. The maximum Gasteiger partial charge on any atom is 0.115 e. The lowest BCUT2D eigenvalue weighted by Gasteiger charge is -2.01. The lowest BCUT2D eigenvalue weighted by atomic mass is 9.96. The third kappa shape index (κ3) is 1.57. The van der Waals surface area contributed by atoms with Gasteiger partial charge in [-0.1, -0.05) is 24.5 Å². The molecule has 1 heterocycles. The fourth-order valence-corrected chi connectivity index (χ4v) is 1.42. The van der Waals surface area contributed by atoms with Crippen molar-refractivity contribution in [2.75, 3.05) is 0 Å². The van der Waals surface area contributed by atoms with Crippen molar-refractivity contribution in [3.63, 3.8) is 0 Å². The number of hydrogen-bond acceptors (Lipinski definition) is 1. The van der Waals surface area contributed by atoms with Crippen molar-refractivity contribution in [2.24, 2.45) is 0 Å². The Morgan fingerprint density at radius 1 is 1.31 bits per heavy atom. The SMILES string of the molecule is [B]c1cnc2ccc(CC)cc2c1. The molecule has 0 spiro atoms. The summed E-state index contributed by atoms with van der Waals surface area (Å²) < 4.78 is 0. The number of pyridine rings is 1. The van der Waals surface area contributed by atoms with Gasteiger partial charge in [-0.05, 0) is 29.5 Å². The Morgan fingerprint density at radius 2 is 2.15 bits per heavy atom. The predicted octanol–water partition coefficient (Wildman–Crippen LogP) is 1.59. The van der Waals surface area contributed by atoms with Crippen LogP contribution in [0.15, 0.2) is 30.5 Å². The second-order valence-corrected chi connectivity index (χ2v) is 3.15. The second-order valence-electron chi connectivity index (χ2n) is 3.15. The van der Waals surface area contributed by atoms with Crippen LogP contribution in [0.5, 0.6) is 0 Å². The quantitative estimate of drug-likeness (QED) is 0.587. The first-order valence-corrected chi connectivity index (χ1v) is 4.44. The number of aryl methyl sites for hydroxylation is 1. The highest BCUT2D eigenvalue weighted by Gasteiger charge is 1.95. The number of nitrogens with zero attached hydrogens (tertiary/aromatic N) is 1. The maximum absolute atomic E-state index is 5.65. The summed E-state index contributed by atoms with van der Waals surface area (Å²) >= 11 is 0. The van der Waals surface area contributed by atoms with Crippen molar-refractivity contribution in [2.45, 2.75) is 13.3 Å². The van der Waals surface area contributed by atoms with Gasteiger partial charge in [0.2, 0.25) is 0 Å². The number of rotatable bonds is 1. The van der Waals surface area contributed by atoms with Crippen LogP contribution >= 0.6 is 0 Å². The summed E-state index contributed by atoms with van der Waals surface area (Å²) in [4.78, 5) is 4.23. The van der Waals surface area contributed by atoms with Gasteiger partial charge in [0.05, 0.1) is 5.52 Å². The summed E-state index contributed by atoms with van der Waals surface area (Å²) in [7, 11) is 5.65. The molecule has 13 heavy (non-hydrogen) atoms. The predicted molar refractivity (Wildman–Crippen MR) is 56.5 cm³/mol. The van der Waals surface area contributed by atoms with Crippen LogP contribution in [-0.2, 0) is 6.42 Å². The van der Waals surface area contributed by atoms with Crippen LogP contribution in [0.25, 0.3) is 10.9 Å². The molecule has 0 saturated carbocycles. The molecule has 0 aliphatic rings. The zero-order valence-electron chi connectivity index (χ0n) is 7.62. The van der Waals surface area contributed by atoms with E-state index in [9.17, 15) is 0 Å². The minimum absolute atomic E-state index is 0.723. The van der Waals surface area contributed by atoms with Gasteiger partial charge in [-0.3, -0.25) is 4.98 Å². The van der Waals surface area contributed by atoms with Crippen molar-refractivity contribution in [1.29, 1.82) is 0 Å². The fraction of sp³-hybridized carbons (Fsp3) is 0.182. The zero-order chi connectivity index (χ0) is 9.26. The fourth-order valence-electron chi connectivity index (χ4n) is 1.42. The molecule has 2 rings (SSSR count). The summed E-state index contributed by atoms with van der Waals surface area (Å²) in [5.41, 5.74) is 3.05. The van der Waals surface area contributed by atoms with E-state index in [1.165, 1.54) is 5.56 Å². The first-order chi connectivity index (χ1) is 6.29. The number of aromatic nitrogens is 1. The van der Waals surface area contributed by atoms with Crippen molar-refractivity contribution in [3.8, 4) is 0 Å². The molecule has 0 saturated heterocycles. The van der Waals surface area contributed by atoms with Crippen LogP contribution in [-0.4, -0.2) is 12.8 Å². The van der Waals surface area contributed by atoms with Gasteiger partial charge < -0.3 is 0 Å². The van der Waals surface area contributed by atoms with Crippen LogP contribution in [0, 0.1) is 0 Å². The van der Waals surface area contributed by atoms with Gasteiger partial charge in [0, 0.05) is 6.20 Å². The molecule has 0 aliphatic heterocycles. The Bertz CT molecular complexity index is 437. The highest BCUT2D eigenvalue weighted by molar-refractivity contribution is 6.32. The molecule has 2 radical (unpaired) electrons. The third-order valence-corrected chi connectivity index (χ3v) is 2.18. The molecule has 0 unspecified atom stereocenters. The Balaban J connectivity index is 2.68. The lowest BCUT2D eigenvalue weighted by molar-refractivity contribution is 1.14. The summed E-state index contributed by atoms with van der Waals surface area (Å²) in [6.45, 7) is 2.14. The molecule has 0 N–H and O–H groups in total. The number of benzene rings is 1. The van der Waals surface area contributed by atoms with E-state index in [2.05, 4.69) is 24.0 Å². The standard InChI is InChI=1S/C11H10BN/c1-2-8-3-4-11-9(5-8)6-10(12)7-13-11/h3-7H,2H2,1H3. The molecular formula is C11H10BN. The van der Waals surface area contributed by atoms with Gasteiger partial charge >= 0.3 is 0 Å². The van der Waals surface area contributed by atoms with E-state index in [1.807, 2.05) is 12.1 Å². The second kappa shape index (κ2) is 3.21. The summed E-state index contributed by atoms with van der Waals surface area (Å²) in [6.07, 6.45) is 2.73. The van der Waals surface area contributed by atoms with Crippen molar-refractivity contribution in [1.82, 2.24) is 4.98 Å². The molecule has 0 aliphatic carbocycles. The Labute approximate surface area is 79.2 Å². The van der Waals surface area contributed by atoms with E-state index in [0.29, 0.717) is 0 Å². The summed E-state index contributed by atoms with van der Waals surface area (Å²) in [5, 5.41) is 1.12. The monoisotopic (exact) mass is 167 g/mol. The average Bonchev–Trinajstić information content (AvgIpc) is 2.16. The summed E-state index contributed by atoms with van der Waals surface area (Å²) in [5.74, 6) is 0. The van der Waals surface area contributed by atoms with Crippen LogP contribution in [0.2, 0.25) is 0 Å². The van der Waals surface area contributed by atoms with Crippen LogP contribution in [0.1, 0.15) is 12.5 Å². The normalized spacial score (nSPS) is 10.5. The van der Waals surface area contributed by atoms with Gasteiger partial charge in [-0.15, -0.1) is 0 Å². The van der Waals surface area contributed by atoms with E-state index in [-0.39, 0.29) is 0 Å². The van der Waals surface area contributed by atoms with Gasteiger partial charge in [0.1, 0.15) is 7.85 Å². The van der Waals surface area contributed by atoms with E-state index in [1.54, 1.807) is 6.20 Å². The van der Waals surface area contributed by atoms with Crippen molar-refractivity contribution >= 4 is 24.2 Å². The first kappa shape index (κ1) is 8.30. The zero-order valence-corrected chi connectivity index (χ0v) is 7.62. The van der Waals surface area contributed by atoms with E-state index >= 15 is 0 Å². The molecule has 1 aromatic heterocycles. The molecular weight excluding hydrogens is 157 g/mol. The summed E-state index contributed by atoms with van der Waals surface area (Å²) in [6, 6.07) is 8.24. The number of fused-ring (bicyclic) bond motifs is 1. The Hall–Kier alpha value is -1.31. The third-order valence-electron chi connectivity index (χ3n) is 2.18. The first-order valence-electron chi connectivity index (χ1n) is 4.44. The Kier molecular flexibility index (Phi) is 2.05. The van der Waals surface area contributed by atoms with Gasteiger partial charge in [-0.2, -0.15) is 0 Å². The topological polar surface area (TPSA) is 12.9 Å². The Morgan fingerprint density at radius 3 is 2.92 bits per heavy atom. The van der Waals surface area contributed by atoms with Crippen LogP contribution < -0.4 is 5.46 Å². The average molecular weight is 167 g/mol. The van der Waals surface area contributed by atoms with Gasteiger partial charge in [0.25, 0.3) is 0 Å². The van der Waals surface area contributed by atoms with Gasteiger partial charge in [0.15, 0.2) is 0 Å². The molecule has 2 aromatic rings. The van der Waals surface area contributed by atoms with Gasteiger partial charge in [-0.25, -0.2) is 0 Å². The van der Waals surface area contributed by atoms with Crippen molar-refractivity contribution < 1.29 is 0 Å². The van der Waals surface area contributed by atoms with Crippen LogP contribution in [0.3, 0.4) is 0 Å². The molecule has 1 aromatic carbocycles. The number of hydrogen-bond donors (Lipinski definition) is 0. The minimum Gasteiger partial charge on any atom is -0.257 e. The largest absolute Gasteiger partial charge is 0.257 e. The smallest absolute Gasteiger partial charge is 0.115 e. The van der Waals surface area contributed by atoms with Crippen LogP contribution in [0.4, 0.5) is 0 Å². The molecule has 2 heteroatoms. The molecule has 0 atom stereocenters. The lowest BCUT2D eigenvalue weighted by Crippen LogP contribution is -2.02.